The first-order valence-electron chi connectivity index (χ1n) is 8.47. The molecule has 2 aliphatic heterocycles. The number of benzene rings is 1. The summed E-state index contributed by atoms with van der Waals surface area (Å²) in [6.07, 6.45) is 3.15. The summed E-state index contributed by atoms with van der Waals surface area (Å²) in [7, 11) is 1.66. The number of hydrogen-bond acceptors (Lipinski definition) is 5. The quantitative estimate of drug-likeness (QED) is 0.754. The number of hydrogen-bond donors (Lipinski definition) is 0. The van der Waals surface area contributed by atoms with Crippen LogP contribution in [0.15, 0.2) is 24.3 Å². The van der Waals surface area contributed by atoms with Gasteiger partial charge < -0.3 is 9.64 Å². The second kappa shape index (κ2) is 8.19. The van der Waals surface area contributed by atoms with Gasteiger partial charge in [0.15, 0.2) is 0 Å². The molecule has 25 heavy (non-hydrogen) atoms. The van der Waals surface area contributed by atoms with Gasteiger partial charge in [0.1, 0.15) is 16.6 Å². The maximum absolute atomic E-state index is 12.7. The number of nitrogens with zero attached hydrogens (tertiary/aromatic N) is 2. The Morgan fingerprint density at radius 1 is 1.32 bits per heavy atom. The number of amides is 2. The lowest BCUT2D eigenvalue weighted by Crippen LogP contribution is -2.43. The van der Waals surface area contributed by atoms with Gasteiger partial charge in [0.05, 0.1) is 12.9 Å². The molecule has 0 N–H and O–H groups in total. The van der Waals surface area contributed by atoms with Gasteiger partial charge in [-0.05, 0) is 30.5 Å². The van der Waals surface area contributed by atoms with E-state index in [1.165, 1.54) is 22.2 Å². The number of thioether (sulfide) groups is 1. The summed E-state index contributed by atoms with van der Waals surface area (Å²) in [5.41, 5.74) is 1.23. The standard InChI is InChI=1S/C18H22N2O3S2/c1-23-15-7-5-13(6-8-15)14-4-2-3-9-19(10-14)16(21)11-20-17(22)12-25-18(20)24/h5-8,14H,2-4,9-12H2,1H3. The first kappa shape index (κ1) is 18.2. The van der Waals surface area contributed by atoms with Gasteiger partial charge in [-0.2, -0.15) is 0 Å². The van der Waals surface area contributed by atoms with Gasteiger partial charge in [-0.15, -0.1) is 0 Å². The van der Waals surface area contributed by atoms with Gasteiger partial charge in [-0.25, -0.2) is 0 Å². The van der Waals surface area contributed by atoms with E-state index in [4.69, 9.17) is 17.0 Å². The van der Waals surface area contributed by atoms with E-state index in [2.05, 4.69) is 12.1 Å². The molecule has 2 heterocycles. The maximum Gasteiger partial charge on any atom is 0.242 e. The number of rotatable bonds is 4. The van der Waals surface area contributed by atoms with Gasteiger partial charge >= 0.3 is 0 Å². The van der Waals surface area contributed by atoms with Crippen molar-refractivity contribution in [2.24, 2.45) is 0 Å². The Hall–Kier alpha value is -1.60. The molecule has 2 amide bonds. The van der Waals surface area contributed by atoms with Crippen LogP contribution in [-0.2, 0) is 9.59 Å². The summed E-state index contributed by atoms with van der Waals surface area (Å²) in [6, 6.07) is 8.08. The van der Waals surface area contributed by atoms with Crippen molar-refractivity contribution in [2.45, 2.75) is 25.2 Å². The lowest BCUT2D eigenvalue weighted by atomic mass is 9.94. The molecule has 5 nitrogen and oxygen atoms in total. The van der Waals surface area contributed by atoms with Crippen molar-refractivity contribution in [1.82, 2.24) is 9.80 Å². The average Bonchev–Trinajstić information content (AvgIpc) is 2.84. The second-order valence-corrected chi connectivity index (χ2v) is 7.95. The van der Waals surface area contributed by atoms with E-state index in [0.717, 1.165) is 31.6 Å². The normalized spacial score (nSPS) is 21.4. The molecule has 1 aromatic carbocycles. The van der Waals surface area contributed by atoms with Crippen molar-refractivity contribution in [3.05, 3.63) is 29.8 Å². The van der Waals surface area contributed by atoms with Crippen LogP contribution in [0.2, 0.25) is 0 Å². The van der Waals surface area contributed by atoms with Gasteiger partial charge in [-0.1, -0.05) is 42.5 Å². The summed E-state index contributed by atoms with van der Waals surface area (Å²) in [6.45, 7) is 1.50. The molecule has 0 aliphatic carbocycles. The highest BCUT2D eigenvalue weighted by Crippen LogP contribution is 2.28. The predicted octanol–water partition coefficient (Wildman–Crippen LogP) is 2.65. The van der Waals surface area contributed by atoms with Crippen LogP contribution in [0.4, 0.5) is 0 Å². The molecular weight excluding hydrogens is 356 g/mol. The van der Waals surface area contributed by atoms with E-state index in [1.807, 2.05) is 17.0 Å². The minimum absolute atomic E-state index is 0.0152. The Bertz CT molecular complexity index is 647. The molecule has 7 heteroatoms. The van der Waals surface area contributed by atoms with Gasteiger partial charge in [-0.3, -0.25) is 14.5 Å². The number of ether oxygens (including phenoxy) is 1. The Morgan fingerprint density at radius 3 is 2.72 bits per heavy atom. The van der Waals surface area contributed by atoms with Gasteiger partial charge in [0.25, 0.3) is 0 Å². The summed E-state index contributed by atoms with van der Waals surface area (Å²) in [5, 5.41) is 0. The lowest BCUT2D eigenvalue weighted by Gasteiger charge is -2.27. The van der Waals surface area contributed by atoms with Crippen LogP contribution in [0.5, 0.6) is 5.75 Å². The first-order chi connectivity index (χ1) is 12.1. The van der Waals surface area contributed by atoms with Crippen LogP contribution in [0.25, 0.3) is 0 Å². The summed E-state index contributed by atoms with van der Waals surface area (Å²) < 4.78 is 5.73. The van der Waals surface area contributed by atoms with E-state index in [1.54, 1.807) is 7.11 Å². The van der Waals surface area contributed by atoms with Crippen LogP contribution in [0.1, 0.15) is 30.7 Å². The molecule has 0 aromatic heterocycles. The molecule has 0 spiro atoms. The fourth-order valence-electron chi connectivity index (χ4n) is 3.29. The molecule has 1 aromatic rings. The number of likely N-dealkylation sites (tertiary alicyclic amines) is 1. The van der Waals surface area contributed by atoms with Gasteiger partial charge in [0, 0.05) is 19.0 Å². The van der Waals surface area contributed by atoms with Crippen molar-refractivity contribution in [2.75, 3.05) is 32.5 Å². The number of thiocarbonyl (C=S) groups is 1. The Kier molecular flexibility index (Phi) is 5.96. The Balaban J connectivity index is 1.67. The zero-order valence-corrected chi connectivity index (χ0v) is 15.9. The van der Waals surface area contributed by atoms with E-state index in [0.29, 0.717) is 22.5 Å². The number of methoxy groups -OCH3 is 1. The zero-order valence-electron chi connectivity index (χ0n) is 14.3. The van der Waals surface area contributed by atoms with Crippen LogP contribution in [-0.4, -0.2) is 58.4 Å². The van der Waals surface area contributed by atoms with Crippen LogP contribution in [0, 0.1) is 0 Å². The van der Waals surface area contributed by atoms with E-state index in [-0.39, 0.29) is 18.4 Å². The molecule has 0 saturated carbocycles. The highest BCUT2D eigenvalue weighted by molar-refractivity contribution is 8.23. The van der Waals surface area contributed by atoms with Gasteiger partial charge in [0.2, 0.25) is 11.8 Å². The fourth-order valence-corrected chi connectivity index (χ4v) is 4.35. The van der Waals surface area contributed by atoms with E-state index >= 15 is 0 Å². The minimum atomic E-state index is -0.0649. The molecule has 1 unspecified atom stereocenters. The topological polar surface area (TPSA) is 49.9 Å². The van der Waals surface area contributed by atoms with Crippen molar-refractivity contribution in [3.8, 4) is 5.75 Å². The summed E-state index contributed by atoms with van der Waals surface area (Å²) in [4.78, 5) is 27.9. The Labute approximate surface area is 157 Å². The molecule has 2 saturated heterocycles. The minimum Gasteiger partial charge on any atom is -0.497 e. The summed E-state index contributed by atoms with van der Waals surface area (Å²) in [5.74, 6) is 1.42. The molecule has 3 rings (SSSR count). The van der Waals surface area contributed by atoms with Crippen molar-refractivity contribution >= 4 is 40.1 Å². The lowest BCUT2D eigenvalue weighted by molar-refractivity contribution is -0.136. The predicted molar refractivity (Wildman–Crippen MR) is 103 cm³/mol. The average molecular weight is 379 g/mol. The third-order valence-electron chi connectivity index (χ3n) is 4.75. The van der Waals surface area contributed by atoms with Crippen LogP contribution < -0.4 is 4.74 Å². The SMILES string of the molecule is COc1ccc(C2CCCCN(C(=O)CN3C(=O)CSC3=S)C2)cc1. The molecule has 1 atom stereocenters. The molecule has 0 radical (unpaired) electrons. The van der Waals surface area contributed by atoms with Crippen LogP contribution >= 0.6 is 24.0 Å². The number of carbonyl (C=O) groups excluding carboxylic acids is 2. The highest BCUT2D eigenvalue weighted by atomic mass is 32.2. The summed E-state index contributed by atoms with van der Waals surface area (Å²) >= 11 is 6.51. The van der Waals surface area contributed by atoms with Crippen molar-refractivity contribution < 1.29 is 14.3 Å². The Morgan fingerprint density at radius 2 is 2.08 bits per heavy atom. The molecule has 134 valence electrons. The molecule has 0 bridgehead atoms. The van der Waals surface area contributed by atoms with Crippen molar-refractivity contribution in [1.29, 1.82) is 0 Å². The largest absolute Gasteiger partial charge is 0.497 e. The monoisotopic (exact) mass is 378 g/mol. The molecule has 2 aliphatic rings. The smallest absolute Gasteiger partial charge is 0.242 e. The number of carbonyl (C=O) groups is 2. The second-order valence-electron chi connectivity index (χ2n) is 6.34. The fraction of sp³-hybridized carbons (Fsp3) is 0.500. The van der Waals surface area contributed by atoms with Crippen molar-refractivity contribution in [3.63, 3.8) is 0 Å². The van der Waals surface area contributed by atoms with Crippen LogP contribution in [0.3, 0.4) is 0 Å². The van der Waals surface area contributed by atoms with E-state index in [9.17, 15) is 9.59 Å². The highest BCUT2D eigenvalue weighted by Gasteiger charge is 2.31. The molecular formula is C18H22N2O3S2. The third-order valence-corrected chi connectivity index (χ3v) is 6.18. The molecule has 2 fully saturated rings. The third kappa shape index (κ3) is 4.33. The first-order valence-corrected chi connectivity index (χ1v) is 9.86. The maximum atomic E-state index is 12.7. The zero-order chi connectivity index (χ0) is 17.8. The van der Waals surface area contributed by atoms with E-state index < -0.39 is 0 Å².